The molecule has 2 atom stereocenters. The Morgan fingerprint density at radius 3 is 2.84 bits per heavy atom. The predicted molar refractivity (Wildman–Crippen MR) is 70.7 cm³/mol. The molecule has 8 nitrogen and oxygen atoms in total. The van der Waals surface area contributed by atoms with Crippen molar-refractivity contribution in [2.75, 3.05) is 19.4 Å². The van der Waals surface area contributed by atoms with E-state index in [1.807, 2.05) is 0 Å². The summed E-state index contributed by atoms with van der Waals surface area (Å²) in [6, 6.07) is 1.65. The molecule has 104 valence electrons. The number of aliphatic imine (C=N–C) groups is 1. The molecule has 1 amide bonds. The van der Waals surface area contributed by atoms with Crippen LogP contribution in [0.3, 0.4) is 0 Å². The molecule has 19 heavy (non-hydrogen) atoms. The van der Waals surface area contributed by atoms with Crippen molar-refractivity contribution in [2.45, 2.75) is 11.7 Å². The second-order valence-corrected chi connectivity index (χ2v) is 4.75. The molecule has 0 aliphatic carbocycles. The Hall–Kier alpha value is -1.76. The van der Waals surface area contributed by atoms with Crippen molar-refractivity contribution in [1.29, 1.82) is 5.26 Å². The lowest BCUT2D eigenvalue weighted by atomic mass is 10.2. The third-order valence-electron chi connectivity index (χ3n) is 2.30. The van der Waals surface area contributed by atoms with Crippen LogP contribution in [0.1, 0.15) is 0 Å². The fourth-order valence-electron chi connectivity index (χ4n) is 1.37. The molecule has 1 fully saturated rings. The molecule has 0 radical (unpaired) electrons. The summed E-state index contributed by atoms with van der Waals surface area (Å²) >= 11 is 1.38. The third-order valence-corrected chi connectivity index (χ3v) is 3.42. The van der Waals surface area contributed by atoms with Crippen molar-refractivity contribution in [3.63, 3.8) is 0 Å². The minimum absolute atomic E-state index is 0.125. The molecule has 9 heteroatoms. The van der Waals surface area contributed by atoms with E-state index in [0.717, 1.165) is 0 Å². The number of aliphatic hydroxyl groups excluding tert-OH is 1. The van der Waals surface area contributed by atoms with E-state index in [1.54, 1.807) is 6.07 Å². The van der Waals surface area contributed by atoms with E-state index < -0.39 is 12.1 Å². The summed E-state index contributed by atoms with van der Waals surface area (Å²) in [7, 11) is 1.37. The van der Waals surface area contributed by atoms with Gasteiger partial charge < -0.3 is 26.6 Å². The van der Waals surface area contributed by atoms with Crippen LogP contribution < -0.4 is 16.8 Å². The van der Waals surface area contributed by atoms with Gasteiger partial charge in [0.15, 0.2) is 0 Å². The largest absolute Gasteiger partial charge is 0.395 e. The number of thioether (sulfide) groups is 1. The van der Waals surface area contributed by atoms with Gasteiger partial charge in [0, 0.05) is 12.8 Å². The molecule has 0 saturated carbocycles. The predicted octanol–water partition coefficient (Wildman–Crippen LogP) is -1.77. The fourth-order valence-corrected chi connectivity index (χ4v) is 2.24. The second-order valence-electron chi connectivity index (χ2n) is 3.56. The van der Waals surface area contributed by atoms with Crippen LogP contribution in [0.4, 0.5) is 0 Å². The Morgan fingerprint density at radius 2 is 2.37 bits per heavy atom. The Kier molecular flexibility index (Phi) is 5.62. The van der Waals surface area contributed by atoms with Gasteiger partial charge in [-0.3, -0.25) is 9.79 Å². The zero-order valence-electron chi connectivity index (χ0n) is 10.3. The Bertz CT molecular complexity index is 457. The van der Waals surface area contributed by atoms with Gasteiger partial charge in [0.1, 0.15) is 29.1 Å². The average molecular weight is 285 g/mol. The number of amides is 1. The van der Waals surface area contributed by atoms with E-state index in [1.165, 1.54) is 18.8 Å². The van der Waals surface area contributed by atoms with Gasteiger partial charge in [0.2, 0.25) is 0 Å². The van der Waals surface area contributed by atoms with Crippen LogP contribution in [0.25, 0.3) is 0 Å². The van der Waals surface area contributed by atoms with Crippen LogP contribution in [0.15, 0.2) is 16.4 Å². The van der Waals surface area contributed by atoms with Gasteiger partial charge in [-0.05, 0) is 0 Å². The highest BCUT2D eigenvalue weighted by molar-refractivity contribution is 8.00. The SMILES string of the molecule is CN=C(C(=O)NC1CSC(CO)O1)C(N)=C(N)C#N. The first-order chi connectivity index (χ1) is 9.03. The smallest absolute Gasteiger partial charge is 0.273 e. The highest BCUT2D eigenvalue weighted by atomic mass is 32.2. The monoisotopic (exact) mass is 285 g/mol. The zero-order valence-corrected chi connectivity index (χ0v) is 11.1. The number of rotatable bonds is 4. The fraction of sp³-hybridized carbons (Fsp3) is 0.500. The number of hydrogen-bond donors (Lipinski definition) is 4. The first-order valence-corrected chi connectivity index (χ1v) is 6.39. The highest BCUT2D eigenvalue weighted by Gasteiger charge is 2.28. The molecule has 2 unspecified atom stereocenters. The number of aliphatic hydroxyl groups is 1. The van der Waals surface area contributed by atoms with E-state index >= 15 is 0 Å². The summed E-state index contributed by atoms with van der Waals surface area (Å²) in [6.07, 6.45) is -0.539. The molecule has 0 spiro atoms. The molecule has 0 aromatic rings. The molecular formula is C10H15N5O3S. The number of nitrogens with zero attached hydrogens (tertiary/aromatic N) is 2. The highest BCUT2D eigenvalue weighted by Crippen LogP contribution is 2.23. The lowest BCUT2D eigenvalue weighted by Gasteiger charge is -2.14. The maximum absolute atomic E-state index is 11.9. The lowest BCUT2D eigenvalue weighted by molar-refractivity contribution is -0.118. The summed E-state index contributed by atoms with van der Waals surface area (Å²) in [5, 5.41) is 20.1. The standard InChI is InChI=1S/C10H15N5O3S/c1-14-9(8(13)5(12)2-11)10(17)15-6-4-19-7(3-16)18-6/h6-7,16H,3-4,12-13H2,1H3,(H,15,17). The summed E-state index contributed by atoms with van der Waals surface area (Å²) in [4.78, 5) is 15.6. The van der Waals surface area contributed by atoms with Gasteiger partial charge in [-0.25, -0.2) is 0 Å². The van der Waals surface area contributed by atoms with E-state index in [4.69, 9.17) is 26.6 Å². The molecule has 6 N–H and O–H groups in total. The number of nitrogens with one attached hydrogen (secondary N) is 1. The van der Waals surface area contributed by atoms with Crippen molar-refractivity contribution in [2.24, 2.45) is 16.5 Å². The van der Waals surface area contributed by atoms with Crippen molar-refractivity contribution in [1.82, 2.24) is 5.32 Å². The number of hydrogen-bond acceptors (Lipinski definition) is 8. The zero-order chi connectivity index (χ0) is 14.4. The molecular weight excluding hydrogens is 270 g/mol. The first kappa shape index (κ1) is 15.3. The summed E-state index contributed by atoms with van der Waals surface area (Å²) in [6.45, 7) is -0.130. The van der Waals surface area contributed by atoms with E-state index in [-0.39, 0.29) is 29.1 Å². The number of allylic oxidation sites excluding steroid dienone is 1. The lowest BCUT2D eigenvalue weighted by Crippen LogP contribution is -2.43. The minimum Gasteiger partial charge on any atom is -0.395 e. The average Bonchev–Trinajstić information content (AvgIpc) is 2.86. The summed E-state index contributed by atoms with van der Waals surface area (Å²) < 4.78 is 5.32. The third kappa shape index (κ3) is 3.85. The van der Waals surface area contributed by atoms with Crippen molar-refractivity contribution >= 4 is 23.4 Å². The molecule has 1 saturated heterocycles. The number of nitriles is 1. The van der Waals surface area contributed by atoms with Crippen molar-refractivity contribution < 1.29 is 14.6 Å². The Labute approximate surface area is 114 Å². The second kappa shape index (κ2) is 6.98. The summed E-state index contributed by atoms with van der Waals surface area (Å²) in [5.74, 6) is -0.0759. The van der Waals surface area contributed by atoms with Crippen molar-refractivity contribution in [3.8, 4) is 6.07 Å². The van der Waals surface area contributed by atoms with Gasteiger partial charge in [0.25, 0.3) is 5.91 Å². The van der Waals surface area contributed by atoms with Crippen LogP contribution in [-0.4, -0.2) is 47.8 Å². The van der Waals surface area contributed by atoms with E-state index in [2.05, 4.69) is 10.3 Å². The van der Waals surface area contributed by atoms with Crippen LogP contribution in [0, 0.1) is 11.3 Å². The molecule has 1 rings (SSSR count). The van der Waals surface area contributed by atoms with Gasteiger partial charge in [0.05, 0.1) is 12.3 Å². The van der Waals surface area contributed by atoms with Crippen molar-refractivity contribution in [3.05, 3.63) is 11.4 Å². The minimum atomic E-state index is -0.581. The Morgan fingerprint density at radius 1 is 1.68 bits per heavy atom. The van der Waals surface area contributed by atoms with Crippen LogP contribution >= 0.6 is 11.8 Å². The number of ether oxygens (including phenoxy) is 1. The van der Waals surface area contributed by atoms with E-state index in [9.17, 15) is 4.79 Å². The van der Waals surface area contributed by atoms with Gasteiger partial charge in [-0.1, -0.05) is 0 Å². The van der Waals surface area contributed by atoms with Crippen LogP contribution in [0.2, 0.25) is 0 Å². The quantitative estimate of drug-likeness (QED) is 0.353. The molecule has 0 bridgehead atoms. The van der Waals surface area contributed by atoms with E-state index in [0.29, 0.717) is 5.75 Å². The van der Waals surface area contributed by atoms with Crippen LogP contribution in [-0.2, 0) is 9.53 Å². The maximum Gasteiger partial charge on any atom is 0.273 e. The topological polar surface area (TPSA) is 147 Å². The number of nitrogens with two attached hydrogens (primary N) is 2. The molecule has 1 heterocycles. The molecule has 1 aliphatic heterocycles. The number of carbonyl (C=O) groups is 1. The Balaban J connectivity index is 2.70. The van der Waals surface area contributed by atoms with Gasteiger partial charge in [-0.15, -0.1) is 11.8 Å². The number of carbonyl (C=O) groups excluding carboxylic acids is 1. The van der Waals surface area contributed by atoms with Gasteiger partial charge >= 0.3 is 0 Å². The first-order valence-electron chi connectivity index (χ1n) is 5.34. The molecule has 0 aromatic heterocycles. The summed E-state index contributed by atoms with van der Waals surface area (Å²) in [5.41, 5.74) is 9.98. The maximum atomic E-state index is 11.9. The normalized spacial score (nSPS) is 24.6. The molecule has 1 aliphatic rings. The van der Waals surface area contributed by atoms with Gasteiger partial charge in [-0.2, -0.15) is 5.26 Å². The van der Waals surface area contributed by atoms with Crippen LogP contribution in [0.5, 0.6) is 0 Å². The molecule has 0 aromatic carbocycles.